The molecule has 3 nitrogen and oxygen atoms in total. The minimum absolute atomic E-state index is 0.00289. The molecule has 1 aromatic rings. The third kappa shape index (κ3) is 1.33. The Hall–Kier alpha value is -0.920. The van der Waals surface area contributed by atoms with Gasteiger partial charge in [-0.1, -0.05) is 11.6 Å². The topological polar surface area (TPSA) is 70.0 Å². The van der Waals surface area contributed by atoms with Gasteiger partial charge in [-0.05, 0) is 22.0 Å². The van der Waals surface area contributed by atoms with E-state index in [4.69, 9.17) is 22.6 Å². The van der Waals surface area contributed by atoms with Crippen molar-refractivity contribution in [1.29, 1.82) is 5.26 Å². The number of halogens is 2. The molecule has 0 aromatic heterocycles. The monoisotopic (exact) mass is 246 g/mol. The number of benzene rings is 1. The van der Waals surface area contributed by atoms with Gasteiger partial charge < -0.3 is 10.8 Å². The number of nitrogens with two attached hydrogens (primary N) is 1. The molecule has 0 spiro atoms. The number of hydrogen-bond acceptors (Lipinski definition) is 3. The first-order valence-electron chi connectivity index (χ1n) is 2.94. The number of nitrogen functional groups attached to an aromatic ring is 1. The lowest BCUT2D eigenvalue weighted by molar-refractivity contribution is 0.474. The molecule has 0 atom stereocenters. The Balaban J connectivity index is 3.54. The third-order valence-electron chi connectivity index (χ3n) is 1.35. The smallest absolute Gasteiger partial charge is 0.154 e. The fourth-order valence-corrected chi connectivity index (χ4v) is 1.57. The van der Waals surface area contributed by atoms with Crippen LogP contribution in [-0.2, 0) is 0 Å². The van der Waals surface area contributed by atoms with Crippen LogP contribution in [0, 0.1) is 11.3 Å². The molecule has 12 heavy (non-hydrogen) atoms. The molecule has 0 amide bonds. The maximum Gasteiger partial charge on any atom is 0.154 e. The predicted octanol–water partition coefficient (Wildman–Crippen LogP) is 2.26. The summed E-state index contributed by atoms with van der Waals surface area (Å²) in [5.41, 5.74) is 5.50. The highest BCUT2D eigenvalue weighted by Gasteiger charge is 2.11. The van der Waals surface area contributed by atoms with Gasteiger partial charge in [-0.3, -0.25) is 0 Å². The maximum absolute atomic E-state index is 9.26. The van der Waals surface area contributed by atoms with Gasteiger partial charge in [0, 0.05) is 0 Å². The average Bonchev–Trinajstić information content (AvgIpc) is 2.01. The third-order valence-corrected chi connectivity index (χ3v) is 2.26. The van der Waals surface area contributed by atoms with Gasteiger partial charge in [0.25, 0.3) is 0 Å². The first kappa shape index (κ1) is 9.17. The maximum atomic E-state index is 9.26. The predicted molar refractivity (Wildman–Crippen MR) is 49.9 cm³/mol. The molecule has 1 aromatic carbocycles. The second kappa shape index (κ2) is 3.21. The number of hydrogen-bond donors (Lipinski definition) is 2. The lowest BCUT2D eigenvalue weighted by Crippen LogP contribution is -1.92. The summed E-state index contributed by atoms with van der Waals surface area (Å²) in [5.74, 6) is -0.157. The Bertz CT molecular complexity index is 373. The summed E-state index contributed by atoms with van der Waals surface area (Å²) in [6.45, 7) is 0. The fraction of sp³-hybridized carbons (Fsp3) is 0. The molecule has 0 aliphatic carbocycles. The Morgan fingerprint density at radius 3 is 2.75 bits per heavy atom. The van der Waals surface area contributed by atoms with Crippen LogP contribution in [0.3, 0.4) is 0 Å². The first-order chi connectivity index (χ1) is 5.57. The average molecular weight is 247 g/mol. The number of nitriles is 1. The van der Waals surface area contributed by atoms with Gasteiger partial charge in [0.15, 0.2) is 5.75 Å². The Labute approximate surface area is 82.5 Å². The van der Waals surface area contributed by atoms with Crippen LogP contribution in [0.25, 0.3) is 0 Å². The summed E-state index contributed by atoms with van der Waals surface area (Å²) in [6, 6.07) is 3.22. The Morgan fingerprint density at radius 1 is 1.67 bits per heavy atom. The van der Waals surface area contributed by atoms with Gasteiger partial charge >= 0.3 is 0 Å². The van der Waals surface area contributed by atoms with Crippen LogP contribution in [0.4, 0.5) is 5.69 Å². The molecule has 0 aliphatic heterocycles. The molecule has 0 aliphatic rings. The number of aromatic hydroxyl groups is 1. The van der Waals surface area contributed by atoms with E-state index in [1.807, 2.05) is 0 Å². The largest absolute Gasteiger partial charge is 0.505 e. The molecule has 1 rings (SSSR count). The lowest BCUT2D eigenvalue weighted by atomic mass is 10.2. The van der Waals surface area contributed by atoms with Crippen LogP contribution >= 0.6 is 27.5 Å². The second-order valence-electron chi connectivity index (χ2n) is 2.09. The van der Waals surface area contributed by atoms with Crippen molar-refractivity contribution >= 4 is 33.2 Å². The molecule has 0 saturated heterocycles. The number of phenols is 1. The van der Waals surface area contributed by atoms with E-state index in [2.05, 4.69) is 15.9 Å². The summed E-state index contributed by atoms with van der Waals surface area (Å²) in [6.07, 6.45) is 0. The van der Waals surface area contributed by atoms with E-state index in [1.165, 1.54) is 6.07 Å². The summed E-state index contributed by atoms with van der Waals surface area (Å²) >= 11 is 8.70. The molecular weight excluding hydrogens is 243 g/mol. The van der Waals surface area contributed by atoms with Crippen molar-refractivity contribution in [2.24, 2.45) is 0 Å². The number of rotatable bonds is 0. The highest BCUT2D eigenvalue weighted by molar-refractivity contribution is 9.10. The van der Waals surface area contributed by atoms with Crippen molar-refractivity contribution in [2.75, 3.05) is 5.73 Å². The van der Waals surface area contributed by atoms with Gasteiger partial charge in [0.05, 0.1) is 20.7 Å². The van der Waals surface area contributed by atoms with Crippen molar-refractivity contribution in [1.82, 2.24) is 0 Å². The van der Waals surface area contributed by atoms with E-state index in [0.29, 0.717) is 4.47 Å². The van der Waals surface area contributed by atoms with Crippen molar-refractivity contribution in [3.63, 3.8) is 0 Å². The normalized spacial score (nSPS) is 9.42. The SMILES string of the molecule is N#Cc1c(Cl)cc(Br)c(O)c1N. The van der Waals surface area contributed by atoms with Gasteiger partial charge in [0.1, 0.15) is 6.07 Å². The van der Waals surface area contributed by atoms with Crippen LogP contribution in [-0.4, -0.2) is 5.11 Å². The Kier molecular flexibility index (Phi) is 2.46. The van der Waals surface area contributed by atoms with Crippen molar-refractivity contribution in [2.45, 2.75) is 0 Å². The van der Waals surface area contributed by atoms with E-state index >= 15 is 0 Å². The fourth-order valence-electron chi connectivity index (χ4n) is 0.741. The molecule has 0 bridgehead atoms. The molecule has 62 valence electrons. The molecule has 0 unspecified atom stereocenters. The highest BCUT2D eigenvalue weighted by atomic mass is 79.9. The van der Waals surface area contributed by atoms with Crippen molar-refractivity contribution in [3.05, 3.63) is 21.1 Å². The van der Waals surface area contributed by atoms with Gasteiger partial charge in [-0.2, -0.15) is 5.26 Å². The minimum Gasteiger partial charge on any atom is -0.505 e. The van der Waals surface area contributed by atoms with Gasteiger partial charge in [-0.15, -0.1) is 0 Å². The minimum atomic E-state index is -0.157. The van der Waals surface area contributed by atoms with E-state index in [1.54, 1.807) is 6.07 Å². The highest BCUT2D eigenvalue weighted by Crippen LogP contribution is 2.36. The van der Waals surface area contributed by atoms with Crippen LogP contribution in [0.2, 0.25) is 5.02 Å². The van der Waals surface area contributed by atoms with E-state index in [0.717, 1.165) is 0 Å². The van der Waals surface area contributed by atoms with Crippen molar-refractivity contribution in [3.8, 4) is 11.8 Å². The van der Waals surface area contributed by atoms with Crippen LogP contribution in [0.1, 0.15) is 5.56 Å². The first-order valence-corrected chi connectivity index (χ1v) is 4.11. The molecule has 5 heteroatoms. The zero-order valence-corrected chi connectivity index (χ0v) is 8.15. The van der Waals surface area contributed by atoms with Gasteiger partial charge in [0.2, 0.25) is 0 Å². The molecular formula is C7H4BrClN2O. The molecule has 0 heterocycles. The second-order valence-corrected chi connectivity index (χ2v) is 3.35. The molecule has 0 radical (unpaired) electrons. The number of phenolic OH excluding ortho intramolecular Hbond substituents is 1. The Morgan fingerprint density at radius 2 is 2.25 bits per heavy atom. The summed E-state index contributed by atoms with van der Waals surface area (Å²) in [4.78, 5) is 0. The quantitative estimate of drug-likeness (QED) is 0.546. The van der Waals surface area contributed by atoms with E-state index < -0.39 is 0 Å². The van der Waals surface area contributed by atoms with Crippen LogP contribution in [0.5, 0.6) is 5.75 Å². The van der Waals surface area contributed by atoms with Gasteiger partial charge in [-0.25, -0.2) is 0 Å². The summed E-state index contributed by atoms with van der Waals surface area (Å²) in [7, 11) is 0. The molecule has 0 fully saturated rings. The lowest BCUT2D eigenvalue weighted by Gasteiger charge is -2.04. The summed E-state index contributed by atoms with van der Waals surface area (Å²) in [5, 5.41) is 18.1. The number of nitrogens with zero attached hydrogens (tertiary/aromatic N) is 1. The zero-order chi connectivity index (χ0) is 9.30. The van der Waals surface area contributed by atoms with E-state index in [9.17, 15) is 5.11 Å². The molecule has 3 N–H and O–H groups in total. The van der Waals surface area contributed by atoms with Crippen molar-refractivity contribution < 1.29 is 5.11 Å². The molecule has 0 saturated carbocycles. The van der Waals surface area contributed by atoms with Crippen LogP contribution in [0.15, 0.2) is 10.5 Å². The number of anilines is 1. The standard InChI is InChI=1S/C7H4BrClN2O/c8-4-1-5(9)3(2-10)6(11)7(4)12/h1,12H,11H2. The summed E-state index contributed by atoms with van der Waals surface area (Å²) < 4.78 is 0.379. The van der Waals surface area contributed by atoms with E-state index in [-0.39, 0.29) is 22.0 Å². The van der Waals surface area contributed by atoms with Crippen LogP contribution < -0.4 is 5.73 Å². The zero-order valence-electron chi connectivity index (χ0n) is 5.81.